The molecule has 1 aromatic rings. The maximum atomic E-state index is 10.7. The van der Waals surface area contributed by atoms with Crippen LogP contribution in [0.5, 0.6) is 0 Å². The number of carboxylic acid groups (broad SMARTS) is 1. The lowest BCUT2D eigenvalue weighted by Crippen LogP contribution is -2.39. The van der Waals surface area contributed by atoms with Crippen LogP contribution in [0.1, 0.15) is 55.7 Å². The summed E-state index contributed by atoms with van der Waals surface area (Å²) in [6.45, 7) is 5.24. The molecule has 0 amide bonds. The average molecular weight is 239 g/mol. The second-order valence-corrected chi connectivity index (χ2v) is 4.61. The van der Waals surface area contributed by atoms with Gasteiger partial charge in [0, 0.05) is 6.04 Å². The molecule has 0 aromatic carbocycles. The maximum Gasteiger partial charge on any atom is 0.394 e. The third kappa shape index (κ3) is 2.46. The molecule has 1 atom stereocenters. The molecule has 6 nitrogen and oxygen atoms in total. The van der Waals surface area contributed by atoms with Crippen molar-refractivity contribution in [3.63, 3.8) is 0 Å². The van der Waals surface area contributed by atoms with E-state index < -0.39 is 5.97 Å². The summed E-state index contributed by atoms with van der Waals surface area (Å²) in [5.74, 6) is -0.999. The van der Waals surface area contributed by atoms with E-state index in [9.17, 15) is 4.79 Å². The van der Waals surface area contributed by atoms with Crippen molar-refractivity contribution in [3.8, 4) is 0 Å². The fraction of sp³-hybridized carbons (Fsp3) is 0.727. The molecule has 1 aliphatic heterocycles. The lowest BCUT2D eigenvalue weighted by molar-refractivity contribution is 0.0643. The number of aromatic nitrogens is 2. The molecule has 1 aromatic heterocycles. The third-order valence-corrected chi connectivity index (χ3v) is 3.13. The number of likely N-dealkylation sites (tertiary alicyclic amines) is 1. The van der Waals surface area contributed by atoms with Crippen molar-refractivity contribution >= 4 is 5.97 Å². The number of hydrogen-bond donors (Lipinski definition) is 1. The zero-order valence-electron chi connectivity index (χ0n) is 10.1. The summed E-state index contributed by atoms with van der Waals surface area (Å²) in [6.07, 6.45) is 3.24. The zero-order chi connectivity index (χ0) is 12.4. The Morgan fingerprint density at radius 2 is 2.29 bits per heavy atom. The molecular formula is C11H17N3O3. The number of hydrogen-bond acceptors (Lipinski definition) is 5. The minimum absolute atomic E-state index is 0.0839. The molecule has 17 heavy (non-hydrogen) atoms. The fourth-order valence-electron chi connectivity index (χ4n) is 2.31. The van der Waals surface area contributed by atoms with Crippen LogP contribution in [0.15, 0.2) is 4.52 Å². The van der Waals surface area contributed by atoms with Crippen molar-refractivity contribution in [2.75, 3.05) is 6.54 Å². The smallest absolute Gasteiger partial charge is 0.394 e. The largest absolute Gasteiger partial charge is 0.474 e. The predicted molar refractivity (Wildman–Crippen MR) is 59.7 cm³/mol. The Kier molecular flexibility index (Phi) is 3.42. The topological polar surface area (TPSA) is 79.5 Å². The highest BCUT2D eigenvalue weighted by Crippen LogP contribution is 2.30. The van der Waals surface area contributed by atoms with E-state index in [4.69, 9.17) is 9.63 Å². The van der Waals surface area contributed by atoms with E-state index in [2.05, 4.69) is 28.9 Å². The number of carboxylic acids is 1. The van der Waals surface area contributed by atoms with E-state index in [1.165, 1.54) is 0 Å². The Hall–Kier alpha value is -1.43. The number of carbonyl (C=O) groups is 1. The molecule has 0 aliphatic carbocycles. The number of rotatable bonds is 3. The van der Waals surface area contributed by atoms with Gasteiger partial charge in [0.2, 0.25) is 0 Å². The SMILES string of the molecule is CC(C)N1CCCCC1c1noc(C(=O)O)n1. The van der Waals surface area contributed by atoms with Gasteiger partial charge in [-0.25, -0.2) is 4.79 Å². The van der Waals surface area contributed by atoms with Gasteiger partial charge < -0.3 is 9.63 Å². The molecule has 2 rings (SSSR count). The van der Waals surface area contributed by atoms with Crippen LogP contribution in [-0.2, 0) is 0 Å². The minimum Gasteiger partial charge on any atom is -0.474 e. The van der Waals surface area contributed by atoms with Gasteiger partial charge in [-0.15, -0.1) is 0 Å². The first-order valence-electron chi connectivity index (χ1n) is 5.92. The van der Waals surface area contributed by atoms with Crippen LogP contribution < -0.4 is 0 Å². The van der Waals surface area contributed by atoms with Crippen molar-refractivity contribution in [3.05, 3.63) is 11.7 Å². The summed E-state index contributed by atoms with van der Waals surface area (Å²) in [5.41, 5.74) is 0. The number of aromatic carboxylic acids is 1. The molecule has 1 aliphatic rings. The van der Waals surface area contributed by atoms with Crippen LogP contribution in [0, 0.1) is 0 Å². The van der Waals surface area contributed by atoms with Gasteiger partial charge in [0.1, 0.15) is 0 Å². The van der Waals surface area contributed by atoms with Crippen LogP contribution in [0.4, 0.5) is 0 Å². The van der Waals surface area contributed by atoms with Gasteiger partial charge in [-0.05, 0) is 33.2 Å². The first kappa shape index (κ1) is 12.0. The molecule has 2 heterocycles. The molecule has 1 saturated heterocycles. The van der Waals surface area contributed by atoms with Gasteiger partial charge in [0.05, 0.1) is 6.04 Å². The summed E-state index contributed by atoms with van der Waals surface area (Å²) in [5, 5.41) is 12.5. The van der Waals surface area contributed by atoms with Gasteiger partial charge in [-0.3, -0.25) is 4.90 Å². The van der Waals surface area contributed by atoms with E-state index in [0.29, 0.717) is 11.9 Å². The van der Waals surface area contributed by atoms with E-state index in [1.807, 2.05) is 0 Å². The van der Waals surface area contributed by atoms with E-state index >= 15 is 0 Å². The first-order valence-corrected chi connectivity index (χ1v) is 5.92. The highest BCUT2D eigenvalue weighted by Gasteiger charge is 2.30. The van der Waals surface area contributed by atoms with E-state index in [1.54, 1.807) is 0 Å². The van der Waals surface area contributed by atoms with Gasteiger partial charge in [0.15, 0.2) is 5.82 Å². The van der Waals surface area contributed by atoms with Crippen molar-refractivity contribution in [2.24, 2.45) is 0 Å². The van der Waals surface area contributed by atoms with Crippen molar-refractivity contribution < 1.29 is 14.4 Å². The van der Waals surface area contributed by atoms with Gasteiger partial charge in [-0.1, -0.05) is 11.6 Å². The summed E-state index contributed by atoms with van der Waals surface area (Å²) < 4.78 is 4.72. The standard InChI is InChI=1S/C11H17N3O3/c1-7(2)14-6-4-3-5-8(14)9-12-10(11(15)16)17-13-9/h7-8H,3-6H2,1-2H3,(H,15,16). The molecule has 1 fully saturated rings. The summed E-state index contributed by atoms with van der Waals surface area (Å²) in [6, 6.07) is 0.479. The Bertz CT molecular complexity index is 402. The van der Waals surface area contributed by atoms with Crippen LogP contribution >= 0.6 is 0 Å². The molecule has 1 N–H and O–H groups in total. The predicted octanol–water partition coefficient (Wildman–Crippen LogP) is 1.70. The monoisotopic (exact) mass is 239 g/mol. The molecule has 1 unspecified atom stereocenters. The summed E-state index contributed by atoms with van der Waals surface area (Å²) >= 11 is 0. The molecule has 94 valence electrons. The molecule has 0 saturated carbocycles. The van der Waals surface area contributed by atoms with Crippen molar-refractivity contribution in [1.29, 1.82) is 0 Å². The van der Waals surface area contributed by atoms with E-state index in [-0.39, 0.29) is 11.9 Å². The second kappa shape index (κ2) is 4.83. The lowest BCUT2D eigenvalue weighted by Gasteiger charge is -2.36. The molecule has 0 radical (unpaired) electrons. The van der Waals surface area contributed by atoms with Crippen molar-refractivity contribution in [1.82, 2.24) is 15.0 Å². The lowest BCUT2D eigenvalue weighted by atomic mass is 10.00. The van der Waals surface area contributed by atoms with Crippen LogP contribution in [0.3, 0.4) is 0 Å². The van der Waals surface area contributed by atoms with Crippen LogP contribution in [-0.4, -0.2) is 38.7 Å². The van der Waals surface area contributed by atoms with Crippen LogP contribution in [0.2, 0.25) is 0 Å². The van der Waals surface area contributed by atoms with Crippen molar-refractivity contribution in [2.45, 2.75) is 45.2 Å². The number of nitrogens with zero attached hydrogens (tertiary/aromatic N) is 3. The highest BCUT2D eigenvalue weighted by molar-refractivity contribution is 5.81. The Morgan fingerprint density at radius 3 is 2.88 bits per heavy atom. The van der Waals surface area contributed by atoms with E-state index in [0.717, 1.165) is 25.8 Å². The molecular weight excluding hydrogens is 222 g/mol. The van der Waals surface area contributed by atoms with Gasteiger partial charge >= 0.3 is 11.9 Å². The summed E-state index contributed by atoms with van der Waals surface area (Å²) in [7, 11) is 0. The Balaban J connectivity index is 2.20. The zero-order valence-corrected chi connectivity index (χ0v) is 10.1. The number of piperidine rings is 1. The quantitative estimate of drug-likeness (QED) is 0.864. The molecule has 0 spiro atoms. The normalized spacial score (nSPS) is 21.9. The summed E-state index contributed by atoms with van der Waals surface area (Å²) in [4.78, 5) is 16.9. The Labute approximate surface area is 99.6 Å². The van der Waals surface area contributed by atoms with Gasteiger partial charge in [-0.2, -0.15) is 4.98 Å². The third-order valence-electron chi connectivity index (χ3n) is 3.13. The first-order chi connectivity index (χ1) is 8.09. The molecule has 0 bridgehead atoms. The maximum absolute atomic E-state index is 10.7. The van der Waals surface area contributed by atoms with Gasteiger partial charge in [0.25, 0.3) is 0 Å². The fourth-order valence-corrected chi connectivity index (χ4v) is 2.31. The highest BCUT2D eigenvalue weighted by atomic mass is 16.5. The Morgan fingerprint density at radius 1 is 1.53 bits per heavy atom. The molecule has 6 heteroatoms. The average Bonchev–Trinajstić information content (AvgIpc) is 2.78. The minimum atomic E-state index is -1.17. The second-order valence-electron chi connectivity index (χ2n) is 4.61. The van der Waals surface area contributed by atoms with Crippen LogP contribution in [0.25, 0.3) is 0 Å².